The van der Waals surface area contributed by atoms with E-state index < -0.39 is 5.66 Å². The maximum atomic E-state index is 6.58. The van der Waals surface area contributed by atoms with E-state index >= 15 is 0 Å². The number of nitrogens with zero attached hydrogens (tertiary/aromatic N) is 3. The number of thiophene rings is 1. The van der Waals surface area contributed by atoms with Crippen molar-refractivity contribution >= 4 is 31.5 Å². The molecule has 0 radical (unpaired) electrons. The summed E-state index contributed by atoms with van der Waals surface area (Å²) in [6, 6.07) is 34.3. The maximum Gasteiger partial charge on any atom is 0.452 e. The third-order valence-corrected chi connectivity index (χ3v) is 10.2. The highest BCUT2D eigenvalue weighted by Crippen LogP contribution is 2.56. The summed E-state index contributed by atoms with van der Waals surface area (Å²) < 4.78 is 22.9. The van der Waals surface area contributed by atoms with Crippen LogP contribution in [0.15, 0.2) is 103 Å². The van der Waals surface area contributed by atoms with Crippen molar-refractivity contribution in [1.82, 2.24) is 4.68 Å². The van der Waals surface area contributed by atoms with Gasteiger partial charge in [-0.25, -0.2) is 0 Å². The molecule has 0 fully saturated rings. The van der Waals surface area contributed by atoms with Gasteiger partial charge in [0, 0.05) is 33.2 Å². The summed E-state index contributed by atoms with van der Waals surface area (Å²) in [5.74, 6) is 3.31. The first-order chi connectivity index (χ1) is 20.2. The Labute approximate surface area is 239 Å². The molecule has 1 atom stereocenters. The fourth-order valence-corrected chi connectivity index (χ4v) is 8.68. The van der Waals surface area contributed by atoms with Gasteiger partial charge < -0.3 is 9.47 Å². The average molecular weight is 550 g/mol. The van der Waals surface area contributed by atoms with Crippen molar-refractivity contribution in [2.24, 2.45) is 0 Å². The predicted molar refractivity (Wildman–Crippen MR) is 159 cm³/mol. The highest BCUT2D eigenvalue weighted by Gasteiger charge is 2.72. The molecule has 3 aromatic heterocycles. The summed E-state index contributed by atoms with van der Waals surface area (Å²) in [5.41, 5.74) is 7.46. The summed E-state index contributed by atoms with van der Waals surface area (Å²) in [6.45, 7) is 4.50. The molecule has 194 valence electrons. The summed E-state index contributed by atoms with van der Waals surface area (Å²) in [5, 5.41) is 2.62. The van der Waals surface area contributed by atoms with Gasteiger partial charge in [0.05, 0.1) is 17.3 Å². The van der Waals surface area contributed by atoms with E-state index in [0.717, 1.165) is 39.9 Å². The smallest absolute Gasteiger partial charge is 0.452 e. The first-order valence-corrected chi connectivity index (χ1v) is 14.7. The molecule has 5 nitrogen and oxygen atoms in total. The Bertz CT molecular complexity index is 2300. The van der Waals surface area contributed by atoms with Crippen LogP contribution in [0.3, 0.4) is 0 Å². The number of benzene rings is 4. The molecule has 0 amide bonds. The summed E-state index contributed by atoms with van der Waals surface area (Å²) in [7, 11) is 0. The van der Waals surface area contributed by atoms with Gasteiger partial charge in [-0.05, 0) is 65.7 Å². The zero-order chi connectivity index (χ0) is 27.0. The van der Waals surface area contributed by atoms with Crippen LogP contribution in [0.4, 0.5) is 0 Å². The minimum Gasteiger partial charge on any atom is -0.455 e. The minimum atomic E-state index is -0.697. The molecule has 6 heterocycles. The van der Waals surface area contributed by atoms with Crippen molar-refractivity contribution in [3.63, 3.8) is 0 Å². The lowest BCUT2D eigenvalue weighted by atomic mass is 9.85. The van der Waals surface area contributed by atoms with Crippen molar-refractivity contribution in [3.8, 4) is 39.9 Å². The molecule has 7 aromatic rings. The second kappa shape index (κ2) is 7.22. The molecule has 0 saturated carbocycles. The number of hydrogen-bond acceptors (Lipinski definition) is 3. The molecule has 0 aliphatic carbocycles. The number of pyridine rings is 1. The van der Waals surface area contributed by atoms with Crippen LogP contribution in [0.5, 0.6) is 23.1 Å². The van der Waals surface area contributed by atoms with Gasteiger partial charge in [0.25, 0.3) is 0 Å². The highest BCUT2D eigenvalue weighted by molar-refractivity contribution is 7.25. The average Bonchev–Trinajstić information content (AvgIpc) is 3.61. The van der Waals surface area contributed by atoms with E-state index in [4.69, 9.17) is 9.47 Å². The molecule has 1 spiro atoms. The lowest BCUT2D eigenvalue weighted by Gasteiger charge is -2.31. The predicted octanol–water partition coefficient (Wildman–Crippen LogP) is 7.53. The van der Waals surface area contributed by atoms with Gasteiger partial charge in [-0.1, -0.05) is 41.0 Å². The van der Waals surface area contributed by atoms with Crippen LogP contribution in [0, 0.1) is 13.8 Å². The number of hydrogen-bond donors (Lipinski definition) is 0. The van der Waals surface area contributed by atoms with Crippen molar-refractivity contribution < 1.29 is 18.7 Å². The van der Waals surface area contributed by atoms with Crippen LogP contribution in [0.2, 0.25) is 0 Å². The minimum absolute atomic E-state index is 0.697. The molecular weight excluding hydrogens is 526 g/mol. The van der Waals surface area contributed by atoms with Crippen LogP contribution >= 0.6 is 11.3 Å². The fourth-order valence-electron chi connectivity index (χ4n) is 7.59. The normalized spacial score (nSPS) is 17.0. The Morgan fingerprint density at radius 2 is 1.46 bits per heavy atom. The first-order valence-electron chi connectivity index (χ1n) is 13.9. The molecule has 3 aliphatic rings. The monoisotopic (exact) mass is 549 g/mol. The third kappa shape index (κ3) is 2.41. The van der Waals surface area contributed by atoms with Crippen molar-refractivity contribution in [2.75, 3.05) is 0 Å². The van der Waals surface area contributed by atoms with Gasteiger partial charge >= 0.3 is 11.5 Å². The molecule has 4 aromatic carbocycles. The van der Waals surface area contributed by atoms with Gasteiger partial charge in [-0.3, -0.25) is 0 Å². The van der Waals surface area contributed by atoms with E-state index in [9.17, 15) is 0 Å². The SMILES string of the molecule is Cc1c(-c2ccc3sc4ccccc4c3c2)c(C)[n+]2n1-c1cccc3c1C21c2c(cccc2Oc2cccc[n+]21)O3. The van der Waals surface area contributed by atoms with Crippen LogP contribution in [0.1, 0.15) is 22.5 Å². The molecular formula is C35H23N3O2S+2. The van der Waals surface area contributed by atoms with Crippen molar-refractivity contribution in [3.05, 3.63) is 126 Å². The summed E-state index contributed by atoms with van der Waals surface area (Å²) in [4.78, 5) is 0. The van der Waals surface area contributed by atoms with Crippen LogP contribution in [-0.4, -0.2) is 4.68 Å². The third-order valence-electron chi connectivity index (χ3n) is 9.05. The number of ether oxygens (including phenoxy) is 2. The molecule has 0 N–H and O–H groups in total. The lowest BCUT2D eigenvalue weighted by molar-refractivity contribution is -0.999. The van der Waals surface area contributed by atoms with Gasteiger partial charge in [0.15, 0.2) is 23.1 Å². The van der Waals surface area contributed by atoms with E-state index in [0.29, 0.717) is 0 Å². The second-order valence-corrected chi connectivity index (χ2v) is 12.1. The lowest BCUT2D eigenvalue weighted by Crippen LogP contribution is -2.76. The maximum absolute atomic E-state index is 6.58. The largest absolute Gasteiger partial charge is 0.455 e. The zero-order valence-corrected chi connectivity index (χ0v) is 23.2. The van der Waals surface area contributed by atoms with Crippen molar-refractivity contribution in [2.45, 2.75) is 19.5 Å². The fraction of sp³-hybridized carbons (Fsp3) is 0.0857. The van der Waals surface area contributed by atoms with Crippen LogP contribution in [-0.2, 0) is 5.66 Å². The first kappa shape index (κ1) is 21.8. The highest BCUT2D eigenvalue weighted by atomic mass is 32.1. The molecule has 1 unspecified atom stereocenters. The summed E-state index contributed by atoms with van der Waals surface area (Å²) in [6.07, 6.45) is 2.13. The molecule has 10 rings (SSSR count). The Morgan fingerprint density at radius 1 is 0.707 bits per heavy atom. The molecule has 0 saturated heterocycles. The van der Waals surface area contributed by atoms with Gasteiger partial charge in [-0.15, -0.1) is 16.0 Å². The molecule has 0 bridgehead atoms. The summed E-state index contributed by atoms with van der Waals surface area (Å²) >= 11 is 1.86. The molecule has 6 heteroatoms. The topological polar surface area (TPSA) is 31.1 Å². The second-order valence-electron chi connectivity index (χ2n) is 11.0. The van der Waals surface area contributed by atoms with E-state index in [1.807, 2.05) is 29.5 Å². The Balaban J connectivity index is 1.36. The number of rotatable bonds is 1. The Hall–Kier alpha value is -4.94. The quantitative estimate of drug-likeness (QED) is 0.198. The van der Waals surface area contributed by atoms with E-state index in [2.05, 4.69) is 113 Å². The van der Waals surface area contributed by atoms with E-state index in [-0.39, 0.29) is 0 Å². The van der Waals surface area contributed by atoms with Gasteiger partial charge in [0.2, 0.25) is 5.69 Å². The zero-order valence-electron chi connectivity index (χ0n) is 22.4. The van der Waals surface area contributed by atoms with E-state index in [1.54, 1.807) is 0 Å². The number of fused-ring (bicyclic) bond motifs is 6. The van der Waals surface area contributed by atoms with Gasteiger partial charge in [-0.2, -0.15) is 0 Å². The Morgan fingerprint density at radius 3 is 2.37 bits per heavy atom. The molecule has 41 heavy (non-hydrogen) atoms. The van der Waals surface area contributed by atoms with Crippen LogP contribution < -0.4 is 18.7 Å². The van der Waals surface area contributed by atoms with E-state index in [1.165, 1.54) is 42.7 Å². The van der Waals surface area contributed by atoms with Crippen LogP contribution in [0.25, 0.3) is 37.0 Å². The van der Waals surface area contributed by atoms with Crippen molar-refractivity contribution in [1.29, 1.82) is 0 Å². The number of aromatic nitrogens is 3. The molecule has 3 aliphatic heterocycles. The van der Waals surface area contributed by atoms with Gasteiger partial charge in [0.1, 0.15) is 17.2 Å². The Kier molecular flexibility index (Phi) is 3.84. The standard InChI is InChI=1S/C35H23N3O2S/c1-20-32(22-16-17-30-24(19-22)23-9-3-4-14-29(23)41-30)21(2)38-35-33-25(37(20)38)10-7-11-26(33)39-27-12-8-13-28(34(27)35)40-31-15-5-6-18-36(31)35/h3-19H,1-2H3/q+2.